The molecule has 4 aromatic rings. The summed E-state index contributed by atoms with van der Waals surface area (Å²) >= 11 is 0. The van der Waals surface area contributed by atoms with Gasteiger partial charge in [-0.15, -0.1) is 0 Å². The summed E-state index contributed by atoms with van der Waals surface area (Å²) in [6.45, 7) is 4.32. The summed E-state index contributed by atoms with van der Waals surface area (Å²) in [6, 6.07) is 8.14. The van der Waals surface area contributed by atoms with Gasteiger partial charge < -0.3 is 8.94 Å². The van der Waals surface area contributed by atoms with E-state index in [1.807, 2.05) is 25.4 Å². The molecule has 0 saturated heterocycles. The van der Waals surface area contributed by atoms with Crippen molar-refractivity contribution in [2.24, 2.45) is 7.05 Å². The molecule has 0 aliphatic rings. The van der Waals surface area contributed by atoms with Crippen LogP contribution >= 0.6 is 0 Å². The third-order valence-corrected chi connectivity index (χ3v) is 3.94. The molecule has 0 amide bonds. The number of rotatable bonds is 4. The van der Waals surface area contributed by atoms with Crippen molar-refractivity contribution >= 4 is 0 Å². The Hall–Kier alpha value is -3.22. The van der Waals surface area contributed by atoms with Gasteiger partial charge in [0.05, 0.1) is 11.8 Å². The van der Waals surface area contributed by atoms with E-state index in [1.165, 1.54) is 11.8 Å². The van der Waals surface area contributed by atoms with Crippen molar-refractivity contribution in [2.75, 3.05) is 0 Å². The second-order valence-electron chi connectivity index (χ2n) is 6.14. The Morgan fingerprint density at radius 1 is 1.00 bits per heavy atom. The van der Waals surface area contributed by atoms with Gasteiger partial charge in [-0.05, 0) is 11.5 Å². The maximum Gasteiger partial charge on any atom is 0.280 e. The maximum absolute atomic E-state index is 5.48. The Morgan fingerprint density at radius 3 is 2.48 bits per heavy atom. The smallest absolute Gasteiger partial charge is 0.280 e. The van der Waals surface area contributed by atoms with Gasteiger partial charge in [-0.1, -0.05) is 43.3 Å². The monoisotopic (exact) mass is 335 g/mol. The molecule has 0 aliphatic carbocycles. The lowest BCUT2D eigenvalue weighted by Gasteiger charge is -2.04. The van der Waals surface area contributed by atoms with Gasteiger partial charge in [0.1, 0.15) is 6.26 Å². The summed E-state index contributed by atoms with van der Waals surface area (Å²) in [4.78, 5) is 8.81. The van der Waals surface area contributed by atoms with Gasteiger partial charge in [-0.25, -0.2) is 4.98 Å². The fraction of sp³-hybridized carbons (Fsp3) is 0.222. The first kappa shape index (κ1) is 15.3. The molecule has 0 aliphatic heterocycles. The van der Waals surface area contributed by atoms with Crippen molar-refractivity contribution in [2.45, 2.75) is 19.8 Å². The van der Waals surface area contributed by atoms with E-state index in [4.69, 9.17) is 8.94 Å². The van der Waals surface area contributed by atoms with Crippen LogP contribution in [-0.4, -0.2) is 24.9 Å². The van der Waals surface area contributed by atoms with Crippen LogP contribution in [0.15, 0.2) is 51.9 Å². The molecule has 0 unspecified atom stereocenters. The quantitative estimate of drug-likeness (QED) is 0.562. The molecule has 126 valence electrons. The zero-order chi connectivity index (χ0) is 17.4. The lowest BCUT2D eigenvalue weighted by molar-refractivity contribution is 0.430. The zero-order valence-electron chi connectivity index (χ0n) is 14.2. The largest absolute Gasteiger partial charge is 0.444 e. The molecule has 25 heavy (non-hydrogen) atoms. The Kier molecular flexibility index (Phi) is 3.68. The molecule has 0 atom stereocenters. The van der Waals surface area contributed by atoms with Crippen molar-refractivity contribution in [3.05, 3.63) is 48.5 Å². The van der Waals surface area contributed by atoms with Crippen LogP contribution in [0.3, 0.4) is 0 Å². The fourth-order valence-corrected chi connectivity index (χ4v) is 2.50. The molecule has 1 aromatic carbocycles. The molecular formula is C18H17N5O2. The number of nitrogens with zero attached hydrogens (tertiary/aromatic N) is 5. The molecule has 3 heterocycles. The summed E-state index contributed by atoms with van der Waals surface area (Å²) in [7, 11) is 1.84. The van der Waals surface area contributed by atoms with Gasteiger partial charge in [0.15, 0.2) is 5.69 Å². The van der Waals surface area contributed by atoms with Gasteiger partial charge in [0, 0.05) is 18.8 Å². The minimum absolute atomic E-state index is 0.321. The molecule has 4 rings (SSSR count). The summed E-state index contributed by atoms with van der Waals surface area (Å²) in [5.74, 6) is 1.79. The molecule has 0 bridgehead atoms. The number of aryl methyl sites for hydroxylation is 1. The van der Waals surface area contributed by atoms with Crippen LogP contribution < -0.4 is 0 Å². The minimum Gasteiger partial charge on any atom is -0.444 e. The Labute approximate surface area is 144 Å². The van der Waals surface area contributed by atoms with Crippen LogP contribution in [-0.2, 0) is 7.05 Å². The standard InChI is InChI=1S/C18H17N5O2/c1-11(2)12-4-6-13(7-5-12)16-21-18(25-22-16)15-10-24-17(20-15)14-8-19-23(3)9-14/h4-11H,1-3H3. The third-order valence-electron chi connectivity index (χ3n) is 3.94. The van der Waals surface area contributed by atoms with Crippen LogP contribution in [0, 0.1) is 0 Å². The zero-order valence-corrected chi connectivity index (χ0v) is 14.2. The van der Waals surface area contributed by atoms with Crippen molar-refractivity contribution in [3.63, 3.8) is 0 Å². The first-order chi connectivity index (χ1) is 12.1. The van der Waals surface area contributed by atoms with Gasteiger partial charge in [-0.3, -0.25) is 4.68 Å². The van der Waals surface area contributed by atoms with E-state index in [9.17, 15) is 0 Å². The normalized spacial score (nSPS) is 11.4. The summed E-state index contributed by atoms with van der Waals surface area (Å²) < 4.78 is 12.5. The molecular weight excluding hydrogens is 318 g/mol. The highest BCUT2D eigenvalue weighted by atomic mass is 16.5. The summed E-state index contributed by atoms with van der Waals surface area (Å²) in [5, 5.41) is 8.14. The summed E-state index contributed by atoms with van der Waals surface area (Å²) in [5.41, 5.74) is 3.45. The molecule has 0 saturated carbocycles. The topological polar surface area (TPSA) is 82.8 Å². The van der Waals surface area contributed by atoms with Gasteiger partial charge in [0.2, 0.25) is 11.7 Å². The average molecular weight is 335 g/mol. The number of benzene rings is 1. The Balaban J connectivity index is 1.60. The van der Waals surface area contributed by atoms with E-state index in [1.54, 1.807) is 10.9 Å². The highest BCUT2D eigenvalue weighted by molar-refractivity contribution is 5.60. The van der Waals surface area contributed by atoms with Crippen LogP contribution in [0.1, 0.15) is 25.3 Å². The fourth-order valence-electron chi connectivity index (χ4n) is 2.50. The van der Waals surface area contributed by atoms with Crippen LogP contribution in [0.5, 0.6) is 0 Å². The van der Waals surface area contributed by atoms with E-state index < -0.39 is 0 Å². The third kappa shape index (κ3) is 2.96. The maximum atomic E-state index is 5.48. The minimum atomic E-state index is 0.321. The van der Waals surface area contributed by atoms with Gasteiger partial charge >= 0.3 is 0 Å². The molecule has 3 aromatic heterocycles. The molecule has 0 radical (unpaired) electrons. The number of hydrogen-bond donors (Lipinski definition) is 0. The molecule has 7 nitrogen and oxygen atoms in total. The average Bonchev–Trinajstić information content (AvgIpc) is 3.34. The summed E-state index contributed by atoms with van der Waals surface area (Å²) in [6.07, 6.45) is 5.01. The number of aromatic nitrogens is 5. The molecule has 0 fully saturated rings. The molecule has 0 spiro atoms. The van der Waals surface area contributed by atoms with Crippen LogP contribution in [0.4, 0.5) is 0 Å². The number of oxazole rings is 1. The Morgan fingerprint density at radius 2 is 1.80 bits per heavy atom. The highest BCUT2D eigenvalue weighted by Gasteiger charge is 2.16. The lowest BCUT2D eigenvalue weighted by atomic mass is 10.0. The second-order valence-corrected chi connectivity index (χ2v) is 6.14. The SMILES string of the molecule is CC(C)c1ccc(-c2noc(-c3coc(-c4cnn(C)c4)n3)n2)cc1. The van der Waals surface area contributed by atoms with Crippen molar-refractivity contribution < 1.29 is 8.94 Å². The van der Waals surface area contributed by atoms with Crippen molar-refractivity contribution in [1.29, 1.82) is 0 Å². The first-order valence-corrected chi connectivity index (χ1v) is 7.99. The molecule has 7 heteroatoms. The molecule has 0 N–H and O–H groups in total. The Bertz CT molecular complexity index is 995. The van der Waals surface area contributed by atoms with Crippen molar-refractivity contribution in [1.82, 2.24) is 24.9 Å². The van der Waals surface area contributed by atoms with Gasteiger partial charge in [-0.2, -0.15) is 10.1 Å². The van der Waals surface area contributed by atoms with Crippen molar-refractivity contribution in [3.8, 4) is 34.4 Å². The number of hydrogen-bond acceptors (Lipinski definition) is 6. The van der Waals surface area contributed by atoms with Crippen LogP contribution in [0.2, 0.25) is 0 Å². The van der Waals surface area contributed by atoms with E-state index in [0.717, 1.165) is 11.1 Å². The lowest BCUT2D eigenvalue weighted by Crippen LogP contribution is -1.87. The van der Waals surface area contributed by atoms with Gasteiger partial charge in [0.25, 0.3) is 5.89 Å². The highest BCUT2D eigenvalue weighted by Crippen LogP contribution is 2.26. The van der Waals surface area contributed by atoms with Crippen LogP contribution in [0.25, 0.3) is 34.4 Å². The van der Waals surface area contributed by atoms with E-state index in [0.29, 0.717) is 29.2 Å². The second kappa shape index (κ2) is 6.01. The van der Waals surface area contributed by atoms with E-state index in [2.05, 4.69) is 46.2 Å². The predicted molar refractivity (Wildman–Crippen MR) is 91.5 cm³/mol. The predicted octanol–water partition coefficient (Wildman–Crippen LogP) is 3.92. The van der Waals surface area contributed by atoms with E-state index in [-0.39, 0.29) is 0 Å². The first-order valence-electron chi connectivity index (χ1n) is 7.99. The van der Waals surface area contributed by atoms with E-state index >= 15 is 0 Å².